The Hall–Kier alpha value is 0.150. The Kier molecular flexibility index (Phi) is 5.29. The van der Waals surface area contributed by atoms with Gasteiger partial charge in [-0.25, -0.2) is 0 Å². The van der Waals surface area contributed by atoms with Crippen LogP contribution in [0.3, 0.4) is 0 Å². The Morgan fingerprint density at radius 3 is 2.78 bits per heavy atom. The van der Waals surface area contributed by atoms with Crippen molar-refractivity contribution in [2.24, 2.45) is 5.84 Å². The van der Waals surface area contributed by atoms with Crippen LogP contribution in [0.2, 0.25) is 10.0 Å². The van der Waals surface area contributed by atoms with E-state index in [2.05, 4.69) is 39.5 Å². The number of nitrogens with two attached hydrogens (primary N) is 1. The van der Waals surface area contributed by atoms with Crippen LogP contribution in [0.1, 0.15) is 17.2 Å². The quantitative estimate of drug-likeness (QED) is 0.443. The van der Waals surface area contributed by atoms with E-state index in [4.69, 9.17) is 29.0 Å². The lowest BCUT2D eigenvalue weighted by molar-refractivity contribution is 0.553. The first-order chi connectivity index (χ1) is 8.61. The van der Waals surface area contributed by atoms with E-state index in [0.29, 0.717) is 16.5 Å². The van der Waals surface area contributed by atoms with Crippen LogP contribution in [0.5, 0.6) is 0 Å². The fraction of sp³-hybridized carbons (Fsp3) is 0.167. The molecule has 0 amide bonds. The van der Waals surface area contributed by atoms with E-state index in [1.54, 1.807) is 17.4 Å². The number of hydrogen-bond acceptors (Lipinski definition) is 3. The second-order valence-electron chi connectivity index (χ2n) is 3.82. The summed E-state index contributed by atoms with van der Waals surface area (Å²) in [5.74, 6) is 5.63. The van der Waals surface area contributed by atoms with Gasteiger partial charge in [0.05, 0.1) is 19.0 Å². The van der Waals surface area contributed by atoms with Crippen molar-refractivity contribution in [3.63, 3.8) is 0 Å². The van der Waals surface area contributed by atoms with Gasteiger partial charge in [0.2, 0.25) is 0 Å². The van der Waals surface area contributed by atoms with Crippen LogP contribution in [0.4, 0.5) is 0 Å². The molecule has 6 heteroatoms. The summed E-state index contributed by atoms with van der Waals surface area (Å²) in [6.07, 6.45) is 0.711. The first-order valence-electron chi connectivity index (χ1n) is 5.24. The Morgan fingerprint density at radius 1 is 1.39 bits per heavy atom. The molecule has 1 aromatic carbocycles. The van der Waals surface area contributed by atoms with E-state index in [-0.39, 0.29) is 6.04 Å². The van der Waals surface area contributed by atoms with Crippen molar-refractivity contribution >= 4 is 57.1 Å². The van der Waals surface area contributed by atoms with Gasteiger partial charge in [-0.1, -0.05) is 35.3 Å². The van der Waals surface area contributed by atoms with Crippen LogP contribution in [-0.2, 0) is 6.42 Å². The minimum atomic E-state index is 0.0423. The third kappa shape index (κ3) is 3.37. The standard InChI is InChI=1S/C12H11Cl2IN2S/c13-9-3-1-2-7(12(9)14)4-10(17-16)8-5-11(15)18-6-8/h1-3,5-6,10,17H,4,16H2. The summed E-state index contributed by atoms with van der Waals surface area (Å²) < 4.78 is 1.24. The predicted octanol–water partition coefficient (Wildman–Crippen LogP) is 4.41. The molecule has 2 rings (SSSR count). The van der Waals surface area contributed by atoms with Crippen molar-refractivity contribution in [3.8, 4) is 0 Å². The van der Waals surface area contributed by atoms with Gasteiger partial charge in [-0.2, -0.15) is 0 Å². The topological polar surface area (TPSA) is 38.0 Å². The molecule has 2 aromatic rings. The van der Waals surface area contributed by atoms with Gasteiger partial charge in [-0.15, -0.1) is 11.3 Å². The van der Waals surface area contributed by atoms with Crippen LogP contribution < -0.4 is 11.3 Å². The van der Waals surface area contributed by atoms with E-state index in [9.17, 15) is 0 Å². The molecule has 1 unspecified atom stereocenters. The van der Waals surface area contributed by atoms with Crippen molar-refractivity contribution in [2.45, 2.75) is 12.5 Å². The number of hydrazine groups is 1. The molecule has 1 heterocycles. The SMILES string of the molecule is NNC(Cc1cccc(Cl)c1Cl)c1csc(I)c1. The number of rotatable bonds is 4. The maximum Gasteiger partial charge on any atom is 0.0656 e. The summed E-state index contributed by atoms with van der Waals surface area (Å²) >= 11 is 16.2. The molecule has 2 nitrogen and oxygen atoms in total. The molecule has 1 aromatic heterocycles. The van der Waals surface area contributed by atoms with Crippen molar-refractivity contribution in [3.05, 3.63) is 53.7 Å². The molecule has 0 saturated heterocycles. The van der Waals surface area contributed by atoms with Crippen LogP contribution in [0.25, 0.3) is 0 Å². The summed E-state index contributed by atoms with van der Waals surface area (Å²) in [6, 6.07) is 7.81. The highest BCUT2D eigenvalue weighted by molar-refractivity contribution is 14.1. The average molecular weight is 413 g/mol. The van der Waals surface area contributed by atoms with E-state index >= 15 is 0 Å². The van der Waals surface area contributed by atoms with Gasteiger partial charge in [-0.3, -0.25) is 11.3 Å². The lowest BCUT2D eigenvalue weighted by Gasteiger charge is -2.16. The summed E-state index contributed by atoms with van der Waals surface area (Å²) in [5.41, 5.74) is 4.99. The van der Waals surface area contributed by atoms with Gasteiger partial charge < -0.3 is 0 Å². The molecule has 0 bridgehead atoms. The van der Waals surface area contributed by atoms with Crippen molar-refractivity contribution in [1.29, 1.82) is 0 Å². The zero-order valence-electron chi connectivity index (χ0n) is 9.29. The molecule has 0 spiro atoms. The van der Waals surface area contributed by atoms with E-state index in [1.165, 1.54) is 8.45 Å². The average Bonchev–Trinajstić information content (AvgIpc) is 2.78. The second kappa shape index (κ2) is 6.54. The van der Waals surface area contributed by atoms with Crippen LogP contribution >= 0.6 is 57.1 Å². The third-order valence-corrected chi connectivity index (χ3v) is 5.31. The summed E-state index contributed by atoms with van der Waals surface area (Å²) in [6.45, 7) is 0. The molecule has 96 valence electrons. The van der Waals surface area contributed by atoms with Gasteiger partial charge in [-0.05, 0) is 57.7 Å². The zero-order valence-corrected chi connectivity index (χ0v) is 13.8. The smallest absolute Gasteiger partial charge is 0.0656 e. The first kappa shape index (κ1) is 14.6. The van der Waals surface area contributed by atoms with Crippen molar-refractivity contribution in [1.82, 2.24) is 5.43 Å². The second-order valence-corrected chi connectivity index (χ2v) is 7.41. The summed E-state index contributed by atoms with van der Waals surface area (Å²) in [7, 11) is 0. The third-order valence-electron chi connectivity index (χ3n) is 2.65. The van der Waals surface area contributed by atoms with E-state index in [1.807, 2.05) is 12.1 Å². The molecule has 1 atom stereocenters. The van der Waals surface area contributed by atoms with E-state index < -0.39 is 0 Å². The van der Waals surface area contributed by atoms with Gasteiger partial charge in [0.1, 0.15) is 0 Å². The number of halogens is 3. The number of thiophene rings is 1. The molecule has 0 saturated carbocycles. The highest BCUT2D eigenvalue weighted by atomic mass is 127. The lowest BCUT2D eigenvalue weighted by atomic mass is 10.0. The van der Waals surface area contributed by atoms with Crippen LogP contribution in [0, 0.1) is 2.88 Å². The molecule has 0 aliphatic rings. The first-order valence-corrected chi connectivity index (χ1v) is 7.96. The Labute approximate surface area is 134 Å². The van der Waals surface area contributed by atoms with Gasteiger partial charge in [0.25, 0.3) is 0 Å². The molecular weight excluding hydrogens is 402 g/mol. The zero-order chi connectivity index (χ0) is 13.1. The molecule has 0 fully saturated rings. The molecule has 0 radical (unpaired) electrons. The molecule has 0 aliphatic heterocycles. The Balaban J connectivity index is 2.23. The van der Waals surface area contributed by atoms with Gasteiger partial charge >= 0.3 is 0 Å². The van der Waals surface area contributed by atoms with Gasteiger partial charge in [0, 0.05) is 0 Å². The number of hydrogen-bond donors (Lipinski definition) is 2. The largest absolute Gasteiger partial charge is 0.271 e. The fourth-order valence-corrected chi connectivity index (χ4v) is 3.53. The highest BCUT2D eigenvalue weighted by Crippen LogP contribution is 2.30. The summed E-state index contributed by atoms with van der Waals surface area (Å²) in [4.78, 5) is 0. The highest BCUT2D eigenvalue weighted by Gasteiger charge is 2.15. The molecule has 0 aliphatic carbocycles. The van der Waals surface area contributed by atoms with Crippen molar-refractivity contribution in [2.75, 3.05) is 0 Å². The maximum absolute atomic E-state index is 6.19. The minimum absolute atomic E-state index is 0.0423. The monoisotopic (exact) mass is 412 g/mol. The number of nitrogens with one attached hydrogen (secondary N) is 1. The van der Waals surface area contributed by atoms with E-state index in [0.717, 1.165) is 5.56 Å². The van der Waals surface area contributed by atoms with Crippen molar-refractivity contribution < 1.29 is 0 Å². The predicted molar refractivity (Wildman–Crippen MR) is 87.3 cm³/mol. The fourth-order valence-electron chi connectivity index (χ4n) is 1.71. The molecule has 3 N–H and O–H groups in total. The van der Waals surface area contributed by atoms with Crippen LogP contribution in [0.15, 0.2) is 29.6 Å². The van der Waals surface area contributed by atoms with Crippen LogP contribution in [-0.4, -0.2) is 0 Å². The lowest BCUT2D eigenvalue weighted by Crippen LogP contribution is -2.29. The van der Waals surface area contributed by atoms with Gasteiger partial charge in [0.15, 0.2) is 0 Å². The minimum Gasteiger partial charge on any atom is -0.271 e. The number of benzene rings is 1. The molecule has 18 heavy (non-hydrogen) atoms. The Bertz CT molecular complexity index is 545. The maximum atomic E-state index is 6.19. The Morgan fingerprint density at radius 2 is 2.17 bits per heavy atom. The molecular formula is C12H11Cl2IN2S. The normalized spacial score (nSPS) is 12.7. The summed E-state index contributed by atoms with van der Waals surface area (Å²) in [5, 5.41) is 3.28.